The van der Waals surface area contributed by atoms with Crippen LogP contribution in [0.1, 0.15) is 18.4 Å². The molecule has 0 amide bonds. The smallest absolute Gasteiger partial charge is 0.233 e. The van der Waals surface area contributed by atoms with Gasteiger partial charge in [-0.3, -0.25) is 4.72 Å². The highest BCUT2D eigenvalue weighted by Gasteiger charge is 2.21. The number of sulfonamides is 1. The van der Waals surface area contributed by atoms with Crippen molar-refractivity contribution in [2.45, 2.75) is 25.8 Å². The lowest BCUT2D eigenvalue weighted by atomic mass is 10.2. The average molecular weight is 351 g/mol. The van der Waals surface area contributed by atoms with E-state index >= 15 is 0 Å². The first-order chi connectivity index (χ1) is 8.87. The van der Waals surface area contributed by atoms with Crippen molar-refractivity contribution in [2.75, 3.05) is 17.0 Å². The van der Waals surface area contributed by atoms with E-state index in [9.17, 15) is 12.8 Å². The molecule has 0 aliphatic heterocycles. The number of halogens is 2. The van der Waals surface area contributed by atoms with Crippen molar-refractivity contribution in [1.82, 2.24) is 5.32 Å². The predicted octanol–water partition coefficient (Wildman–Crippen LogP) is 2.39. The van der Waals surface area contributed by atoms with Crippen molar-refractivity contribution in [2.24, 2.45) is 0 Å². The van der Waals surface area contributed by atoms with Gasteiger partial charge in [0.2, 0.25) is 10.0 Å². The molecule has 0 heterocycles. The molecule has 1 fully saturated rings. The number of nitrogens with one attached hydrogen (secondary N) is 2. The Morgan fingerprint density at radius 3 is 2.74 bits per heavy atom. The summed E-state index contributed by atoms with van der Waals surface area (Å²) in [6.45, 7) is 2.09. The van der Waals surface area contributed by atoms with Crippen LogP contribution in [0, 0.1) is 12.7 Å². The minimum atomic E-state index is -3.41. The lowest BCUT2D eigenvalue weighted by Crippen LogP contribution is -2.28. The third-order valence-electron chi connectivity index (χ3n) is 2.91. The Bertz CT molecular complexity index is 573. The third-order valence-corrected chi connectivity index (χ3v) is 4.79. The topological polar surface area (TPSA) is 58.2 Å². The van der Waals surface area contributed by atoms with Gasteiger partial charge in [0, 0.05) is 12.6 Å². The molecule has 106 valence electrons. The average Bonchev–Trinajstić information content (AvgIpc) is 3.09. The summed E-state index contributed by atoms with van der Waals surface area (Å²) in [4.78, 5) is 0. The van der Waals surface area contributed by atoms with Crippen LogP contribution >= 0.6 is 15.9 Å². The van der Waals surface area contributed by atoms with Gasteiger partial charge in [-0.15, -0.1) is 0 Å². The van der Waals surface area contributed by atoms with Crippen LogP contribution in [0.2, 0.25) is 0 Å². The van der Waals surface area contributed by atoms with Crippen LogP contribution in [0.3, 0.4) is 0 Å². The molecule has 0 spiro atoms. The number of anilines is 1. The van der Waals surface area contributed by atoms with Gasteiger partial charge in [-0.25, -0.2) is 12.8 Å². The Kier molecular flexibility index (Phi) is 4.47. The Hall–Kier alpha value is -0.660. The molecule has 0 bridgehead atoms. The van der Waals surface area contributed by atoms with E-state index in [0.29, 0.717) is 23.8 Å². The third kappa shape index (κ3) is 4.43. The van der Waals surface area contributed by atoms with Gasteiger partial charge in [-0.1, -0.05) is 0 Å². The highest BCUT2D eigenvalue weighted by molar-refractivity contribution is 9.10. The first-order valence-corrected chi connectivity index (χ1v) is 8.51. The van der Waals surface area contributed by atoms with E-state index in [4.69, 9.17) is 0 Å². The predicted molar refractivity (Wildman–Crippen MR) is 77.3 cm³/mol. The molecule has 1 aromatic carbocycles. The monoisotopic (exact) mass is 350 g/mol. The van der Waals surface area contributed by atoms with Crippen molar-refractivity contribution in [1.29, 1.82) is 0 Å². The standard InChI is InChI=1S/C12H16BrFN2O2S/c1-8-6-11(14)10(13)7-12(8)16-19(17,18)5-4-15-9-2-3-9/h6-7,9,15-16H,2-5H2,1H3. The van der Waals surface area contributed by atoms with E-state index < -0.39 is 15.8 Å². The normalized spacial score (nSPS) is 15.5. The van der Waals surface area contributed by atoms with E-state index in [2.05, 4.69) is 26.0 Å². The largest absolute Gasteiger partial charge is 0.313 e. The van der Waals surface area contributed by atoms with E-state index in [1.807, 2.05) is 0 Å². The molecule has 0 saturated heterocycles. The van der Waals surface area contributed by atoms with Crippen molar-refractivity contribution in [3.05, 3.63) is 28.0 Å². The number of aryl methyl sites for hydroxylation is 1. The van der Waals surface area contributed by atoms with Crippen molar-refractivity contribution in [3.8, 4) is 0 Å². The second-order valence-electron chi connectivity index (χ2n) is 4.73. The minimum Gasteiger partial charge on any atom is -0.313 e. The molecule has 1 aliphatic carbocycles. The first kappa shape index (κ1) is 14.7. The SMILES string of the molecule is Cc1cc(F)c(Br)cc1NS(=O)(=O)CCNC1CC1. The van der Waals surface area contributed by atoms with Gasteiger partial charge >= 0.3 is 0 Å². The van der Waals surface area contributed by atoms with Gasteiger partial charge in [-0.05, 0) is 53.4 Å². The Balaban J connectivity index is 2.00. The Morgan fingerprint density at radius 2 is 2.11 bits per heavy atom. The number of hydrogen-bond donors (Lipinski definition) is 2. The fraction of sp³-hybridized carbons (Fsp3) is 0.500. The van der Waals surface area contributed by atoms with Gasteiger partial charge < -0.3 is 5.32 Å². The molecular formula is C12H16BrFN2O2S. The molecule has 0 aromatic heterocycles. The van der Waals surface area contributed by atoms with Crippen LogP contribution in [0.4, 0.5) is 10.1 Å². The zero-order chi connectivity index (χ0) is 14.0. The van der Waals surface area contributed by atoms with E-state index in [1.165, 1.54) is 12.1 Å². The molecule has 0 atom stereocenters. The number of benzene rings is 1. The molecule has 1 saturated carbocycles. The van der Waals surface area contributed by atoms with E-state index in [0.717, 1.165) is 12.8 Å². The molecule has 0 unspecified atom stereocenters. The van der Waals surface area contributed by atoms with Gasteiger partial charge in [0.25, 0.3) is 0 Å². The quantitative estimate of drug-likeness (QED) is 0.828. The fourth-order valence-electron chi connectivity index (χ4n) is 1.66. The summed E-state index contributed by atoms with van der Waals surface area (Å²) in [5.41, 5.74) is 0.958. The highest BCUT2D eigenvalue weighted by Crippen LogP contribution is 2.25. The maximum absolute atomic E-state index is 13.3. The Labute approximate surface area is 121 Å². The van der Waals surface area contributed by atoms with Crippen LogP contribution in [0.5, 0.6) is 0 Å². The molecule has 7 heteroatoms. The van der Waals surface area contributed by atoms with Gasteiger partial charge in [0.05, 0.1) is 15.9 Å². The van der Waals surface area contributed by atoms with Crippen LogP contribution < -0.4 is 10.0 Å². The second-order valence-corrected chi connectivity index (χ2v) is 7.43. The molecular weight excluding hydrogens is 335 g/mol. The van der Waals surface area contributed by atoms with Crippen molar-refractivity contribution < 1.29 is 12.8 Å². The minimum absolute atomic E-state index is 0.0118. The molecule has 1 aliphatic rings. The molecule has 2 rings (SSSR count). The lowest BCUT2D eigenvalue weighted by Gasteiger charge is -2.11. The zero-order valence-corrected chi connectivity index (χ0v) is 12.9. The summed E-state index contributed by atoms with van der Waals surface area (Å²) in [7, 11) is -3.41. The van der Waals surface area contributed by atoms with Crippen LogP contribution in [0.25, 0.3) is 0 Å². The lowest BCUT2D eigenvalue weighted by molar-refractivity contribution is 0.595. The summed E-state index contributed by atoms with van der Waals surface area (Å²) in [5.74, 6) is -0.395. The zero-order valence-electron chi connectivity index (χ0n) is 10.5. The van der Waals surface area contributed by atoms with E-state index in [1.54, 1.807) is 6.92 Å². The summed E-state index contributed by atoms with van der Waals surface area (Å²) in [6, 6.07) is 3.22. The molecule has 2 N–H and O–H groups in total. The molecule has 1 aromatic rings. The van der Waals surface area contributed by atoms with Gasteiger partial charge in [-0.2, -0.15) is 0 Å². The highest BCUT2D eigenvalue weighted by atomic mass is 79.9. The van der Waals surface area contributed by atoms with Gasteiger partial charge in [0.1, 0.15) is 5.82 Å². The first-order valence-electron chi connectivity index (χ1n) is 6.07. The van der Waals surface area contributed by atoms with Crippen LogP contribution in [0.15, 0.2) is 16.6 Å². The van der Waals surface area contributed by atoms with Crippen LogP contribution in [-0.2, 0) is 10.0 Å². The van der Waals surface area contributed by atoms with Crippen molar-refractivity contribution >= 4 is 31.6 Å². The van der Waals surface area contributed by atoms with Gasteiger partial charge in [0.15, 0.2) is 0 Å². The van der Waals surface area contributed by atoms with Crippen molar-refractivity contribution in [3.63, 3.8) is 0 Å². The number of rotatable bonds is 6. The molecule has 19 heavy (non-hydrogen) atoms. The van der Waals surface area contributed by atoms with Crippen LogP contribution in [-0.4, -0.2) is 26.8 Å². The number of hydrogen-bond acceptors (Lipinski definition) is 3. The Morgan fingerprint density at radius 1 is 1.42 bits per heavy atom. The maximum Gasteiger partial charge on any atom is 0.233 e. The van der Waals surface area contributed by atoms with E-state index in [-0.39, 0.29) is 10.2 Å². The summed E-state index contributed by atoms with van der Waals surface area (Å²) in [5, 5.41) is 3.15. The molecule has 4 nitrogen and oxygen atoms in total. The summed E-state index contributed by atoms with van der Waals surface area (Å²) >= 11 is 3.05. The summed E-state index contributed by atoms with van der Waals surface area (Å²) < 4.78 is 39.8. The summed E-state index contributed by atoms with van der Waals surface area (Å²) in [6.07, 6.45) is 2.25. The molecule has 0 radical (unpaired) electrons. The fourth-order valence-corrected chi connectivity index (χ4v) is 3.05. The second kappa shape index (κ2) is 5.76. The maximum atomic E-state index is 13.3.